The van der Waals surface area contributed by atoms with Gasteiger partial charge < -0.3 is 29.9 Å². The molecule has 2 aromatic rings. The molecule has 10 heteroatoms. The molecule has 2 heterocycles. The second-order valence-corrected chi connectivity index (χ2v) is 11.6. The molecule has 2 N–H and O–H groups in total. The summed E-state index contributed by atoms with van der Waals surface area (Å²) in [5.74, 6) is 2.59. The third-order valence-corrected chi connectivity index (χ3v) is 8.92. The highest BCUT2D eigenvalue weighted by molar-refractivity contribution is 7.99. The lowest BCUT2D eigenvalue weighted by atomic mass is 9.87. The lowest BCUT2D eigenvalue weighted by Crippen LogP contribution is -2.63. The standard InChI is InChI=1S/C28H34N4O4S2/c1-35-21-10-11-22(24(16-21)36-2)29-26(34)28(12-14-38-15-13-28)32(20-8-9-20)25(33)18-31-17-23(30-27(31)37)19-6-4-3-5-7-19/h3-7,10-11,16,20,23H,8-9,12-15,17-18H2,1-2H3,(H,29,34)(H,30,37)/t23-/m0/s1. The van der Waals surface area contributed by atoms with Crippen molar-refractivity contribution in [3.63, 3.8) is 0 Å². The fourth-order valence-electron chi connectivity index (χ4n) is 5.39. The van der Waals surface area contributed by atoms with E-state index >= 15 is 0 Å². The number of thiocarbonyl (C=S) groups is 1. The van der Waals surface area contributed by atoms with Gasteiger partial charge in [-0.05, 0) is 67.1 Å². The summed E-state index contributed by atoms with van der Waals surface area (Å²) >= 11 is 7.44. The molecule has 202 valence electrons. The van der Waals surface area contributed by atoms with Crippen molar-refractivity contribution in [1.29, 1.82) is 0 Å². The number of nitrogens with zero attached hydrogens (tertiary/aromatic N) is 2. The van der Waals surface area contributed by atoms with Gasteiger partial charge in [0.1, 0.15) is 17.0 Å². The van der Waals surface area contributed by atoms with Gasteiger partial charge in [-0.15, -0.1) is 0 Å². The first-order chi connectivity index (χ1) is 18.4. The van der Waals surface area contributed by atoms with E-state index in [2.05, 4.69) is 22.8 Å². The summed E-state index contributed by atoms with van der Waals surface area (Å²) in [6.07, 6.45) is 3.04. The lowest BCUT2D eigenvalue weighted by molar-refractivity contribution is -0.147. The van der Waals surface area contributed by atoms with Gasteiger partial charge in [0.15, 0.2) is 5.11 Å². The quantitative estimate of drug-likeness (QED) is 0.453. The van der Waals surface area contributed by atoms with Crippen LogP contribution in [0.3, 0.4) is 0 Å². The molecule has 8 nitrogen and oxygen atoms in total. The van der Waals surface area contributed by atoms with Gasteiger partial charge >= 0.3 is 0 Å². The molecule has 1 atom stereocenters. The lowest BCUT2D eigenvalue weighted by Gasteiger charge is -2.45. The molecule has 1 aliphatic carbocycles. The van der Waals surface area contributed by atoms with E-state index in [9.17, 15) is 9.59 Å². The van der Waals surface area contributed by atoms with Crippen LogP contribution in [0.25, 0.3) is 0 Å². The molecule has 2 aromatic carbocycles. The molecular weight excluding hydrogens is 520 g/mol. The fourth-order valence-corrected chi connectivity index (χ4v) is 6.84. The first kappa shape index (κ1) is 26.6. The predicted molar refractivity (Wildman–Crippen MR) is 154 cm³/mol. The van der Waals surface area contributed by atoms with Crippen molar-refractivity contribution in [2.75, 3.05) is 44.1 Å². The molecule has 0 radical (unpaired) electrons. The summed E-state index contributed by atoms with van der Waals surface area (Å²) in [6, 6.07) is 15.5. The van der Waals surface area contributed by atoms with Crippen LogP contribution in [0.4, 0.5) is 5.69 Å². The summed E-state index contributed by atoms with van der Waals surface area (Å²) in [5, 5.41) is 7.03. The Morgan fingerprint density at radius 1 is 1.13 bits per heavy atom. The zero-order chi connectivity index (χ0) is 26.7. The summed E-state index contributed by atoms with van der Waals surface area (Å²) in [7, 11) is 3.15. The van der Waals surface area contributed by atoms with E-state index in [0.717, 1.165) is 29.9 Å². The van der Waals surface area contributed by atoms with Gasteiger partial charge in [0, 0.05) is 18.7 Å². The summed E-state index contributed by atoms with van der Waals surface area (Å²) in [4.78, 5) is 31.9. The Bertz CT molecular complexity index is 1180. The van der Waals surface area contributed by atoms with Gasteiger partial charge in [0.25, 0.3) is 5.91 Å². The largest absolute Gasteiger partial charge is 0.497 e. The summed E-state index contributed by atoms with van der Waals surface area (Å²) in [5.41, 5.74) is 0.786. The number of methoxy groups -OCH3 is 2. The molecule has 0 unspecified atom stereocenters. The number of benzene rings is 2. The third kappa shape index (κ3) is 5.42. The minimum absolute atomic E-state index is 0.0387. The molecule has 2 amide bonds. The van der Waals surface area contributed by atoms with E-state index in [1.54, 1.807) is 32.4 Å². The molecule has 38 heavy (non-hydrogen) atoms. The molecule has 2 saturated heterocycles. The molecule has 0 aromatic heterocycles. The maximum atomic E-state index is 14.1. The van der Waals surface area contributed by atoms with Crippen molar-refractivity contribution in [2.45, 2.75) is 43.3 Å². The smallest absolute Gasteiger partial charge is 0.250 e. The summed E-state index contributed by atoms with van der Waals surface area (Å²) in [6.45, 7) is 0.769. The molecule has 0 spiro atoms. The van der Waals surface area contributed by atoms with Crippen LogP contribution in [0.2, 0.25) is 0 Å². The highest BCUT2D eigenvalue weighted by Gasteiger charge is 2.52. The molecule has 5 rings (SSSR count). The number of carbonyl (C=O) groups excluding carboxylic acids is 2. The predicted octanol–water partition coefficient (Wildman–Crippen LogP) is 3.83. The molecule has 0 bridgehead atoms. The van der Waals surface area contributed by atoms with Crippen LogP contribution in [-0.2, 0) is 9.59 Å². The average Bonchev–Trinajstić information content (AvgIpc) is 3.71. The highest BCUT2D eigenvalue weighted by Crippen LogP contribution is 2.42. The normalized spacial score (nSPS) is 20.4. The fraction of sp³-hybridized carbons (Fsp3) is 0.464. The van der Waals surface area contributed by atoms with E-state index in [-0.39, 0.29) is 30.4 Å². The Balaban J connectivity index is 1.37. The van der Waals surface area contributed by atoms with Gasteiger partial charge in [-0.3, -0.25) is 9.59 Å². The van der Waals surface area contributed by atoms with Gasteiger partial charge in [-0.2, -0.15) is 11.8 Å². The number of rotatable bonds is 9. The zero-order valence-corrected chi connectivity index (χ0v) is 23.4. The van der Waals surface area contributed by atoms with Gasteiger partial charge in [-0.1, -0.05) is 30.3 Å². The number of carbonyl (C=O) groups is 2. The monoisotopic (exact) mass is 554 g/mol. The van der Waals surface area contributed by atoms with Gasteiger partial charge in [0.2, 0.25) is 5.91 Å². The SMILES string of the molecule is COc1ccc(NC(=O)C2(N(C(=O)CN3C[C@@H](c4ccccc4)NC3=S)C3CC3)CCSCC2)c(OC)c1. The topological polar surface area (TPSA) is 83.1 Å². The van der Waals surface area contributed by atoms with Crippen molar-refractivity contribution >= 4 is 46.6 Å². The first-order valence-corrected chi connectivity index (χ1v) is 14.6. The molecule has 3 fully saturated rings. The summed E-state index contributed by atoms with van der Waals surface area (Å²) < 4.78 is 10.8. The third-order valence-electron chi connectivity index (χ3n) is 7.56. The molecule has 3 aliphatic rings. The average molecular weight is 555 g/mol. The Labute approximate surface area is 233 Å². The number of amides is 2. The van der Waals surface area contributed by atoms with Crippen molar-refractivity contribution in [3.8, 4) is 11.5 Å². The van der Waals surface area contributed by atoms with Crippen molar-refractivity contribution < 1.29 is 19.1 Å². The van der Waals surface area contributed by atoms with Crippen molar-refractivity contribution in [3.05, 3.63) is 54.1 Å². The number of hydrogen-bond donors (Lipinski definition) is 2. The van der Waals surface area contributed by atoms with E-state index in [0.29, 0.717) is 41.7 Å². The number of hydrogen-bond acceptors (Lipinski definition) is 6. The van der Waals surface area contributed by atoms with Gasteiger partial charge in [-0.25, -0.2) is 0 Å². The van der Waals surface area contributed by atoms with Crippen LogP contribution in [0.5, 0.6) is 11.5 Å². The van der Waals surface area contributed by atoms with Crippen LogP contribution in [0, 0.1) is 0 Å². The second-order valence-electron chi connectivity index (χ2n) is 9.95. The number of anilines is 1. The van der Waals surface area contributed by atoms with Crippen LogP contribution >= 0.6 is 24.0 Å². The molecule has 1 saturated carbocycles. The van der Waals surface area contributed by atoms with Crippen molar-refractivity contribution in [2.24, 2.45) is 0 Å². The minimum Gasteiger partial charge on any atom is -0.497 e. The maximum absolute atomic E-state index is 14.1. The van der Waals surface area contributed by atoms with E-state index in [1.807, 2.05) is 39.8 Å². The Morgan fingerprint density at radius 2 is 1.87 bits per heavy atom. The van der Waals surface area contributed by atoms with Crippen molar-refractivity contribution in [1.82, 2.24) is 15.1 Å². The molecule has 2 aliphatic heterocycles. The number of thioether (sulfide) groups is 1. The van der Waals surface area contributed by atoms with Crippen LogP contribution in [-0.4, -0.2) is 77.1 Å². The van der Waals surface area contributed by atoms with E-state index < -0.39 is 5.54 Å². The number of nitrogens with one attached hydrogen (secondary N) is 2. The second kappa shape index (κ2) is 11.4. The zero-order valence-electron chi connectivity index (χ0n) is 21.8. The molecular formula is C28H34N4O4S2. The van der Waals surface area contributed by atoms with Crippen LogP contribution < -0.4 is 20.1 Å². The van der Waals surface area contributed by atoms with Gasteiger partial charge in [0.05, 0.1) is 32.5 Å². The number of ether oxygens (including phenoxy) is 2. The maximum Gasteiger partial charge on any atom is 0.250 e. The van der Waals surface area contributed by atoms with Crippen LogP contribution in [0.1, 0.15) is 37.3 Å². The Morgan fingerprint density at radius 3 is 2.53 bits per heavy atom. The van der Waals surface area contributed by atoms with E-state index in [4.69, 9.17) is 21.7 Å². The highest BCUT2D eigenvalue weighted by atomic mass is 32.2. The van der Waals surface area contributed by atoms with Crippen LogP contribution in [0.15, 0.2) is 48.5 Å². The Kier molecular flexibility index (Phi) is 7.99. The Hall–Kier alpha value is -2.98. The minimum atomic E-state index is -0.915. The first-order valence-electron chi connectivity index (χ1n) is 13.0. The van der Waals surface area contributed by atoms with E-state index in [1.165, 1.54) is 0 Å².